The fourth-order valence-corrected chi connectivity index (χ4v) is 0.657. The van der Waals surface area contributed by atoms with Gasteiger partial charge in [0.05, 0.1) is 0 Å². The fraction of sp³-hybridized carbons (Fsp3) is 0.333. The largest absolute Gasteiger partial charge is 0.673 e. The second kappa shape index (κ2) is 3.96. The highest BCUT2D eigenvalue weighted by Gasteiger charge is 2.37. The molecular formula is C3H4F4O4Si. The van der Waals surface area contributed by atoms with Crippen LogP contribution in [0.25, 0.3) is 0 Å². The molecule has 0 heterocycles. The van der Waals surface area contributed by atoms with E-state index in [-0.39, 0.29) is 0 Å². The molecule has 12 heavy (non-hydrogen) atoms. The zero-order chi connectivity index (χ0) is 9.94. The molecule has 1 atom stereocenters. The summed E-state index contributed by atoms with van der Waals surface area (Å²) in [5, 5.41) is 0. The van der Waals surface area contributed by atoms with Gasteiger partial charge in [0.2, 0.25) is 5.83 Å². The van der Waals surface area contributed by atoms with Gasteiger partial charge in [-0.1, -0.05) is 0 Å². The van der Waals surface area contributed by atoms with Crippen LogP contribution in [0.4, 0.5) is 17.6 Å². The molecule has 0 radical (unpaired) electrons. The molecule has 9 heteroatoms. The average Bonchev–Trinajstić information content (AvgIpc) is 1.82. The molecule has 0 spiro atoms. The summed E-state index contributed by atoms with van der Waals surface area (Å²) in [6.45, 7) is 0. The van der Waals surface area contributed by atoms with Crippen LogP contribution in [-0.2, 0) is 4.43 Å². The summed E-state index contributed by atoms with van der Waals surface area (Å²) in [7, 11) is -5.31. The van der Waals surface area contributed by atoms with E-state index >= 15 is 0 Å². The van der Waals surface area contributed by atoms with E-state index in [0.717, 1.165) is 0 Å². The quantitative estimate of drug-likeness (QED) is 0.443. The van der Waals surface area contributed by atoms with Crippen LogP contribution in [0.3, 0.4) is 0 Å². The Hall–Kier alpha value is -0.483. The van der Waals surface area contributed by atoms with Crippen molar-refractivity contribution in [2.45, 2.75) is 6.36 Å². The van der Waals surface area contributed by atoms with Crippen molar-refractivity contribution in [3.63, 3.8) is 0 Å². The van der Waals surface area contributed by atoms with Crippen LogP contribution in [0, 0.1) is 0 Å². The normalized spacial score (nSPS) is 14.2. The van der Waals surface area contributed by atoms with Gasteiger partial charge in [0, 0.05) is 0 Å². The van der Waals surface area contributed by atoms with Crippen molar-refractivity contribution in [3.05, 3.63) is 11.9 Å². The maximum atomic E-state index is 12.0. The van der Waals surface area contributed by atoms with Crippen LogP contribution in [0.15, 0.2) is 11.9 Å². The highest BCUT2D eigenvalue weighted by atomic mass is 28.4. The Bertz CT molecular complexity index is 185. The molecule has 0 rings (SSSR count). The Labute approximate surface area is 64.8 Å². The molecule has 0 aromatic rings. The molecule has 0 aliphatic rings. The van der Waals surface area contributed by atoms with E-state index in [4.69, 9.17) is 14.4 Å². The van der Waals surface area contributed by atoms with Crippen molar-refractivity contribution in [1.29, 1.82) is 0 Å². The van der Waals surface area contributed by atoms with Gasteiger partial charge < -0.3 is 18.8 Å². The molecule has 0 aliphatic heterocycles. The first-order valence-corrected chi connectivity index (χ1v) is 4.18. The first-order chi connectivity index (χ1) is 5.24. The van der Waals surface area contributed by atoms with E-state index in [0.29, 0.717) is 0 Å². The number of alkyl halides is 1. The van der Waals surface area contributed by atoms with Crippen LogP contribution in [0.5, 0.6) is 0 Å². The van der Waals surface area contributed by atoms with Crippen LogP contribution in [0.1, 0.15) is 0 Å². The third-order valence-electron chi connectivity index (χ3n) is 0.641. The number of halogens is 4. The lowest BCUT2D eigenvalue weighted by Crippen LogP contribution is -2.41. The van der Waals surface area contributed by atoms with Crippen molar-refractivity contribution >= 4 is 9.05 Å². The minimum absolute atomic E-state index is 2.61. The Morgan fingerprint density at radius 1 is 1.17 bits per heavy atom. The van der Waals surface area contributed by atoms with Gasteiger partial charge >= 0.3 is 15.1 Å². The van der Waals surface area contributed by atoms with E-state index in [1.807, 2.05) is 0 Å². The van der Waals surface area contributed by atoms with Gasteiger partial charge in [0.1, 0.15) is 0 Å². The predicted octanol–water partition coefficient (Wildman–Crippen LogP) is -0.211. The molecule has 0 saturated carbocycles. The van der Waals surface area contributed by atoms with Gasteiger partial charge in [0.15, 0.2) is 0 Å². The van der Waals surface area contributed by atoms with Crippen molar-refractivity contribution in [3.8, 4) is 0 Å². The fourth-order valence-electron chi connectivity index (χ4n) is 0.276. The van der Waals surface area contributed by atoms with Crippen LogP contribution >= 0.6 is 0 Å². The molecule has 0 aromatic heterocycles. The van der Waals surface area contributed by atoms with Crippen molar-refractivity contribution in [2.75, 3.05) is 0 Å². The van der Waals surface area contributed by atoms with Crippen LogP contribution in [-0.4, -0.2) is 29.8 Å². The first-order valence-electron chi connectivity index (χ1n) is 2.43. The molecule has 1 unspecified atom stereocenters. The summed E-state index contributed by atoms with van der Waals surface area (Å²) < 4.78 is 49.2. The summed E-state index contributed by atoms with van der Waals surface area (Å²) in [6, 6.07) is 0. The van der Waals surface area contributed by atoms with Gasteiger partial charge in [-0.3, -0.25) is 0 Å². The molecule has 0 aliphatic carbocycles. The van der Waals surface area contributed by atoms with Crippen molar-refractivity contribution < 1.29 is 36.4 Å². The zero-order valence-corrected chi connectivity index (χ0v) is 6.34. The summed E-state index contributed by atoms with van der Waals surface area (Å²) in [5.74, 6) is -2.61. The van der Waals surface area contributed by atoms with Crippen molar-refractivity contribution in [2.24, 2.45) is 0 Å². The number of hydrogen-bond donors (Lipinski definition) is 3. The Kier molecular flexibility index (Phi) is 3.80. The van der Waals surface area contributed by atoms with Crippen LogP contribution in [0.2, 0.25) is 0 Å². The second-order valence-electron chi connectivity index (χ2n) is 1.62. The number of hydrogen-bond acceptors (Lipinski definition) is 4. The topological polar surface area (TPSA) is 69.9 Å². The molecule has 0 amide bonds. The first kappa shape index (κ1) is 11.5. The van der Waals surface area contributed by atoms with E-state index in [1.165, 1.54) is 0 Å². The summed E-state index contributed by atoms with van der Waals surface area (Å²) in [4.78, 5) is 23.9. The molecule has 0 fully saturated rings. The highest BCUT2D eigenvalue weighted by molar-refractivity contribution is 6.48. The van der Waals surface area contributed by atoms with Gasteiger partial charge in [-0.15, -0.1) is 0 Å². The third kappa shape index (κ3) is 4.41. The maximum Gasteiger partial charge on any atom is 0.673 e. The third-order valence-corrected chi connectivity index (χ3v) is 1.16. The minimum atomic E-state index is -5.31. The summed E-state index contributed by atoms with van der Waals surface area (Å²) in [5.41, 5.74) is 0. The van der Waals surface area contributed by atoms with Gasteiger partial charge in [0.25, 0.3) is 6.36 Å². The average molecular weight is 208 g/mol. The Morgan fingerprint density at radius 3 is 1.83 bits per heavy atom. The van der Waals surface area contributed by atoms with E-state index in [9.17, 15) is 17.6 Å². The lowest BCUT2D eigenvalue weighted by atomic mass is 10.6. The molecule has 3 N–H and O–H groups in total. The molecule has 72 valence electrons. The van der Waals surface area contributed by atoms with Crippen LogP contribution < -0.4 is 0 Å². The molecule has 0 aromatic carbocycles. The highest BCUT2D eigenvalue weighted by Crippen LogP contribution is 2.18. The minimum Gasteiger partial charge on any atom is -0.368 e. The van der Waals surface area contributed by atoms with Crippen molar-refractivity contribution in [1.82, 2.24) is 0 Å². The monoisotopic (exact) mass is 208 g/mol. The summed E-state index contributed by atoms with van der Waals surface area (Å²) >= 11 is 0. The lowest BCUT2D eigenvalue weighted by Gasteiger charge is -2.11. The predicted molar refractivity (Wildman–Crippen MR) is 28.7 cm³/mol. The SMILES string of the molecule is O[Si](O)(O)OC(F)C(F)=C(F)F. The Balaban J connectivity index is 4.24. The summed E-state index contributed by atoms with van der Waals surface area (Å²) in [6.07, 6.45) is -6.37. The zero-order valence-electron chi connectivity index (χ0n) is 5.34. The van der Waals surface area contributed by atoms with E-state index < -0.39 is 27.3 Å². The smallest absolute Gasteiger partial charge is 0.368 e. The molecular weight excluding hydrogens is 204 g/mol. The maximum absolute atomic E-state index is 12.0. The van der Waals surface area contributed by atoms with E-state index in [2.05, 4.69) is 4.43 Å². The van der Waals surface area contributed by atoms with Gasteiger partial charge in [-0.25, -0.2) is 4.39 Å². The number of rotatable bonds is 3. The standard InChI is InChI=1S/C3H4F4O4Si/c4-1(2(5)6)3(7)11-12(8,9)10/h3,8-10H. The molecule has 4 nitrogen and oxygen atoms in total. The second-order valence-corrected chi connectivity index (χ2v) is 3.00. The van der Waals surface area contributed by atoms with Gasteiger partial charge in [-0.05, 0) is 0 Å². The molecule has 0 saturated heterocycles. The lowest BCUT2D eigenvalue weighted by molar-refractivity contribution is -0.0308. The Morgan fingerprint density at radius 2 is 1.58 bits per heavy atom. The molecule has 0 bridgehead atoms. The van der Waals surface area contributed by atoms with E-state index in [1.54, 1.807) is 0 Å². The van der Waals surface area contributed by atoms with Gasteiger partial charge in [-0.2, -0.15) is 13.2 Å².